The molecular weight excluding hydrogens is 274 g/mol. The van der Waals surface area contributed by atoms with E-state index in [-0.39, 0.29) is 0 Å². The second-order valence-electron chi connectivity index (χ2n) is 4.27. The molecule has 2 rings (SSSR count). The highest BCUT2D eigenvalue weighted by atomic mass is 16.2. The van der Waals surface area contributed by atoms with Crippen LogP contribution in [-0.2, 0) is 14.4 Å². The van der Waals surface area contributed by atoms with Crippen molar-refractivity contribution < 1.29 is 14.4 Å². The van der Waals surface area contributed by atoms with Crippen LogP contribution in [0.3, 0.4) is 0 Å². The van der Waals surface area contributed by atoms with Crippen molar-refractivity contribution in [2.24, 2.45) is 0 Å². The molecule has 0 saturated carbocycles. The molecule has 0 bridgehead atoms. The average Bonchev–Trinajstić information content (AvgIpc) is 2.94. The number of aromatic amines is 1. The summed E-state index contributed by atoms with van der Waals surface area (Å²) in [7, 11) is 0. The number of imidazole rings is 1. The number of nitrogens with one attached hydrogen (secondary N) is 4. The summed E-state index contributed by atoms with van der Waals surface area (Å²) in [6.45, 7) is 0.758. The van der Waals surface area contributed by atoms with Gasteiger partial charge in [0.25, 0.3) is 0 Å². The van der Waals surface area contributed by atoms with Gasteiger partial charge in [-0.2, -0.15) is 0 Å². The van der Waals surface area contributed by atoms with Crippen molar-refractivity contribution in [3.05, 3.63) is 24.5 Å². The first kappa shape index (κ1) is 14.5. The Kier molecular flexibility index (Phi) is 4.86. The van der Waals surface area contributed by atoms with E-state index >= 15 is 0 Å². The van der Waals surface area contributed by atoms with Gasteiger partial charge in [0.15, 0.2) is 0 Å². The summed E-state index contributed by atoms with van der Waals surface area (Å²) in [5.41, 5.74) is 2.06. The minimum absolute atomic E-state index is 0.312. The summed E-state index contributed by atoms with van der Waals surface area (Å²) in [5, 5.41) is 7.44. The number of fused-ring (bicyclic) bond motifs is 1. The molecule has 1 heterocycles. The number of aromatic nitrogens is 2. The Morgan fingerprint density at radius 2 is 2.10 bits per heavy atom. The minimum Gasteiger partial charge on any atom is -0.359 e. The zero-order chi connectivity index (χ0) is 15.1. The first-order valence-electron chi connectivity index (χ1n) is 6.40. The number of hydrogen-bond acceptors (Lipinski definition) is 4. The van der Waals surface area contributed by atoms with Gasteiger partial charge in [0.05, 0.1) is 17.4 Å². The number of anilines is 1. The van der Waals surface area contributed by atoms with E-state index in [4.69, 9.17) is 0 Å². The van der Waals surface area contributed by atoms with Gasteiger partial charge in [0.2, 0.25) is 6.41 Å². The molecule has 1 aromatic heterocycles. The molecular formula is C13H15N5O3. The SMILES string of the molecule is O=CNCCCNC(=O)C(=O)Nc1ccc2nc[nH]c2c1. The van der Waals surface area contributed by atoms with Crippen LogP contribution in [0.1, 0.15) is 6.42 Å². The zero-order valence-electron chi connectivity index (χ0n) is 11.2. The molecule has 0 aliphatic rings. The largest absolute Gasteiger partial charge is 0.359 e. The lowest BCUT2D eigenvalue weighted by Gasteiger charge is -2.06. The second kappa shape index (κ2) is 7.04. The first-order valence-corrected chi connectivity index (χ1v) is 6.40. The number of rotatable bonds is 6. The van der Waals surface area contributed by atoms with E-state index in [0.29, 0.717) is 31.6 Å². The molecule has 0 saturated heterocycles. The summed E-state index contributed by atoms with van der Waals surface area (Å²) < 4.78 is 0. The average molecular weight is 289 g/mol. The fraction of sp³-hybridized carbons (Fsp3) is 0.231. The molecule has 3 amide bonds. The Balaban J connectivity index is 1.82. The van der Waals surface area contributed by atoms with Gasteiger partial charge in [-0.1, -0.05) is 0 Å². The molecule has 0 radical (unpaired) electrons. The summed E-state index contributed by atoms with van der Waals surface area (Å²) in [4.78, 5) is 40.2. The fourth-order valence-electron chi connectivity index (χ4n) is 1.73. The van der Waals surface area contributed by atoms with Gasteiger partial charge in [0, 0.05) is 18.8 Å². The van der Waals surface area contributed by atoms with Crippen molar-refractivity contribution in [3.8, 4) is 0 Å². The molecule has 0 spiro atoms. The monoisotopic (exact) mass is 289 g/mol. The molecule has 0 atom stereocenters. The molecule has 110 valence electrons. The predicted molar refractivity (Wildman–Crippen MR) is 76.4 cm³/mol. The molecule has 0 aliphatic heterocycles. The summed E-state index contributed by atoms with van der Waals surface area (Å²) >= 11 is 0. The van der Waals surface area contributed by atoms with Crippen LogP contribution in [0.2, 0.25) is 0 Å². The van der Waals surface area contributed by atoms with Crippen molar-refractivity contribution in [1.82, 2.24) is 20.6 Å². The molecule has 4 N–H and O–H groups in total. The van der Waals surface area contributed by atoms with Crippen LogP contribution in [0.15, 0.2) is 24.5 Å². The van der Waals surface area contributed by atoms with Crippen molar-refractivity contribution >= 4 is 34.9 Å². The summed E-state index contributed by atoms with van der Waals surface area (Å²) in [5.74, 6) is -1.46. The molecule has 8 heteroatoms. The minimum atomic E-state index is -0.739. The van der Waals surface area contributed by atoms with Crippen molar-refractivity contribution in [3.63, 3.8) is 0 Å². The van der Waals surface area contributed by atoms with E-state index in [1.807, 2.05) is 0 Å². The Hall–Kier alpha value is -2.90. The third kappa shape index (κ3) is 4.03. The Morgan fingerprint density at radius 1 is 1.24 bits per heavy atom. The third-order valence-corrected chi connectivity index (χ3v) is 2.75. The maximum Gasteiger partial charge on any atom is 0.313 e. The van der Waals surface area contributed by atoms with Gasteiger partial charge < -0.3 is 20.9 Å². The zero-order valence-corrected chi connectivity index (χ0v) is 11.2. The molecule has 8 nitrogen and oxygen atoms in total. The maximum absolute atomic E-state index is 11.7. The highest BCUT2D eigenvalue weighted by Gasteiger charge is 2.13. The quantitative estimate of drug-likeness (QED) is 0.333. The van der Waals surface area contributed by atoms with Gasteiger partial charge in [-0.3, -0.25) is 14.4 Å². The molecule has 0 fully saturated rings. The number of H-pyrrole nitrogens is 1. The predicted octanol–water partition coefficient (Wildman–Crippen LogP) is -0.246. The first-order chi connectivity index (χ1) is 10.2. The van der Waals surface area contributed by atoms with Crippen LogP contribution < -0.4 is 16.0 Å². The number of amides is 3. The lowest BCUT2D eigenvalue weighted by atomic mass is 10.2. The van der Waals surface area contributed by atoms with Crippen molar-refractivity contribution in [2.45, 2.75) is 6.42 Å². The number of nitrogens with zero attached hydrogens (tertiary/aromatic N) is 1. The van der Waals surface area contributed by atoms with Gasteiger partial charge in [-0.15, -0.1) is 0 Å². The number of carbonyl (C=O) groups is 3. The van der Waals surface area contributed by atoms with E-state index in [0.717, 1.165) is 11.0 Å². The smallest absolute Gasteiger partial charge is 0.313 e. The van der Waals surface area contributed by atoms with Crippen LogP contribution in [0.5, 0.6) is 0 Å². The molecule has 1 aromatic carbocycles. The van der Waals surface area contributed by atoms with E-state index < -0.39 is 11.8 Å². The van der Waals surface area contributed by atoms with E-state index in [9.17, 15) is 14.4 Å². The number of benzene rings is 1. The Bertz CT molecular complexity index is 652. The number of hydrogen-bond donors (Lipinski definition) is 4. The second-order valence-corrected chi connectivity index (χ2v) is 4.27. The molecule has 0 unspecified atom stereocenters. The lowest BCUT2D eigenvalue weighted by molar-refractivity contribution is -0.136. The van der Waals surface area contributed by atoms with Gasteiger partial charge in [-0.05, 0) is 24.6 Å². The standard InChI is InChI=1S/C13H15N5O3/c19-8-14-4-1-5-15-12(20)13(21)18-9-2-3-10-11(6-9)17-7-16-10/h2-3,6-8H,1,4-5H2,(H,14,19)(H,15,20)(H,16,17)(H,18,21). The maximum atomic E-state index is 11.7. The van der Waals surface area contributed by atoms with Gasteiger partial charge in [-0.25, -0.2) is 4.98 Å². The highest BCUT2D eigenvalue weighted by Crippen LogP contribution is 2.15. The van der Waals surface area contributed by atoms with Crippen LogP contribution >= 0.6 is 0 Å². The van der Waals surface area contributed by atoms with E-state index in [1.165, 1.54) is 0 Å². The summed E-state index contributed by atoms with van der Waals surface area (Å²) in [6, 6.07) is 5.11. The normalized spacial score (nSPS) is 10.1. The summed E-state index contributed by atoms with van der Waals surface area (Å²) in [6.07, 6.45) is 2.69. The lowest BCUT2D eigenvalue weighted by Crippen LogP contribution is -2.36. The van der Waals surface area contributed by atoms with Crippen LogP contribution in [-0.4, -0.2) is 41.3 Å². The van der Waals surface area contributed by atoms with Crippen LogP contribution in [0.25, 0.3) is 11.0 Å². The van der Waals surface area contributed by atoms with E-state index in [2.05, 4.69) is 25.9 Å². The molecule has 0 aliphatic carbocycles. The topological polar surface area (TPSA) is 116 Å². The highest BCUT2D eigenvalue weighted by molar-refractivity contribution is 6.39. The van der Waals surface area contributed by atoms with Gasteiger partial charge in [0.1, 0.15) is 0 Å². The van der Waals surface area contributed by atoms with E-state index in [1.54, 1.807) is 24.5 Å². The van der Waals surface area contributed by atoms with Crippen molar-refractivity contribution in [1.29, 1.82) is 0 Å². The van der Waals surface area contributed by atoms with Crippen LogP contribution in [0.4, 0.5) is 5.69 Å². The number of carbonyl (C=O) groups excluding carboxylic acids is 3. The fourth-order valence-corrected chi connectivity index (χ4v) is 1.73. The molecule has 2 aromatic rings. The third-order valence-electron chi connectivity index (χ3n) is 2.75. The van der Waals surface area contributed by atoms with Gasteiger partial charge >= 0.3 is 11.8 Å². The molecule has 21 heavy (non-hydrogen) atoms. The van der Waals surface area contributed by atoms with Crippen LogP contribution in [0, 0.1) is 0 Å². The Labute approximate surface area is 120 Å². The van der Waals surface area contributed by atoms with Crippen molar-refractivity contribution in [2.75, 3.05) is 18.4 Å². The Morgan fingerprint density at radius 3 is 2.90 bits per heavy atom.